The maximum atomic E-state index is 10.8. The number of rotatable bonds is 7. The molecule has 5 nitrogen and oxygen atoms in total. The fraction of sp³-hybridized carbons (Fsp3) is 0.353. The maximum absolute atomic E-state index is 10.8. The second kappa shape index (κ2) is 10.6. The Hall–Kier alpha value is -2.11. The van der Waals surface area contributed by atoms with E-state index < -0.39 is 5.97 Å². The summed E-state index contributed by atoms with van der Waals surface area (Å²) in [4.78, 5) is 19.9. The van der Waals surface area contributed by atoms with Crippen molar-refractivity contribution in [2.24, 2.45) is 0 Å². The molecule has 0 atom stereocenters. The predicted molar refractivity (Wildman–Crippen MR) is 86.1 cm³/mol. The highest BCUT2D eigenvalue weighted by Gasteiger charge is 2.16. The number of para-hydroxylation sites is 1. The van der Waals surface area contributed by atoms with Gasteiger partial charge in [0.1, 0.15) is 30.1 Å². The average Bonchev–Trinajstić information content (AvgIpc) is 2.43. The van der Waals surface area contributed by atoms with E-state index in [4.69, 9.17) is 9.84 Å². The Morgan fingerprint density at radius 2 is 1.64 bits per heavy atom. The van der Waals surface area contributed by atoms with E-state index in [1.165, 1.54) is 6.07 Å². The molecular formula is C17H24O5. The first-order valence-corrected chi connectivity index (χ1v) is 6.79. The van der Waals surface area contributed by atoms with Gasteiger partial charge in [-0.3, -0.25) is 0 Å². The maximum Gasteiger partial charge on any atom is 0.339 e. The molecule has 0 aromatic heterocycles. The third-order valence-corrected chi connectivity index (χ3v) is 1.99. The van der Waals surface area contributed by atoms with Crippen molar-refractivity contribution >= 4 is 5.97 Å². The zero-order valence-electron chi connectivity index (χ0n) is 13.4. The van der Waals surface area contributed by atoms with Crippen molar-refractivity contribution in [1.29, 1.82) is 0 Å². The van der Waals surface area contributed by atoms with Crippen LogP contribution in [0.3, 0.4) is 0 Å². The van der Waals surface area contributed by atoms with Gasteiger partial charge in [-0.2, -0.15) is 0 Å². The summed E-state index contributed by atoms with van der Waals surface area (Å²) >= 11 is 0. The van der Waals surface area contributed by atoms with Gasteiger partial charge in [0.2, 0.25) is 0 Å². The summed E-state index contributed by atoms with van der Waals surface area (Å²) in [6, 6.07) is 6.63. The second-order valence-electron chi connectivity index (χ2n) is 5.16. The van der Waals surface area contributed by atoms with E-state index in [9.17, 15) is 4.79 Å². The summed E-state index contributed by atoms with van der Waals surface area (Å²) in [7, 11) is 0. The van der Waals surface area contributed by atoms with E-state index >= 15 is 0 Å². The summed E-state index contributed by atoms with van der Waals surface area (Å²) in [5.74, 6) is -0.558. The summed E-state index contributed by atoms with van der Waals surface area (Å²) in [5.41, 5.74) is -0.187. The monoisotopic (exact) mass is 308 g/mol. The number of ether oxygens (including phenoxy) is 1. The van der Waals surface area contributed by atoms with Gasteiger partial charge in [0.15, 0.2) is 0 Å². The number of hydrogen-bond donors (Lipinski definition) is 1. The molecule has 22 heavy (non-hydrogen) atoms. The third-order valence-electron chi connectivity index (χ3n) is 1.99. The molecular weight excluding hydrogens is 284 g/mol. The quantitative estimate of drug-likeness (QED) is 0.358. The number of aromatic carboxylic acids is 1. The van der Waals surface area contributed by atoms with Crippen molar-refractivity contribution in [1.82, 2.24) is 0 Å². The third kappa shape index (κ3) is 9.74. The minimum atomic E-state index is -0.968. The topological polar surface area (TPSA) is 65.0 Å². The van der Waals surface area contributed by atoms with Gasteiger partial charge >= 0.3 is 5.97 Å². The normalized spacial score (nSPS) is 10.1. The van der Waals surface area contributed by atoms with Gasteiger partial charge in [-0.15, -0.1) is 13.2 Å². The van der Waals surface area contributed by atoms with E-state index in [2.05, 4.69) is 22.9 Å². The van der Waals surface area contributed by atoms with E-state index in [0.29, 0.717) is 19.0 Å². The van der Waals surface area contributed by atoms with E-state index in [1.807, 2.05) is 20.8 Å². The molecule has 0 spiro atoms. The van der Waals surface area contributed by atoms with Crippen LogP contribution in [0.25, 0.3) is 0 Å². The molecule has 0 heterocycles. The van der Waals surface area contributed by atoms with Gasteiger partial charge in [0, 0.05) is 0 Å². The molecule has 0 amide bonds. The predicted octanol–water partition coefficient (Wildman–Crippen LogP) is 3.87. The van der Waals surface area contributed by atoms with Crippen LogP contribution in [0.15, 0.2) is 49.6 Å². The van der Waals surface area contributed by atoms with Crippen LogP contribution in [0.2, 0.25) is 0 Å². The van der Waals surface area contributed by atoms with Crippen molar-refractivity contribution < 1.29 is 24.4 Å². The standard InChI is InChI=1S/C11H14O3.C6H10O2/c1-11(2,3)14-9-7-5-4-6-8(9)10(12)13;1-3-5-7-8-6-4-2/h4-7H,1-3H3,(H,12,13);3-4H,1-2,5-6H2. The Morgan fingerprint density at radius 1 is 1.14 bits per heavy atom. The molecule has 0 unspecified atom stereocenters. The van der Waals surface area contributed by atoms with Crippen LogP contribution in [0, 0.1) is 0 Å². The molecule has 0 aliphatic rings. The number of benzene rings is 1. The van der Waals surface area contributed by atoms with Crippen LogP contribution >= 0.6 is 0 Å². The molecule has 5 heteroatoms. The molecule has 0 saturated heterocycles. The van der Waals surface area contributed by atoms with Crippen LogP contribution in [-0.4, -0.2) is 29.9 Å². The summed E-state index contributed by atoms with van der Waals surface area (Å²) < 4.78 is 5.51. The van der Waals surface area contributed by atoms with E-state index in [0.717, 1.165) is 0 Å². The fourth-order valence-electron chi connectivity index (χ4n) is 1.25. The minimum Gasteiger partial charge on any atom is -0.487 e. The molecule has 1 rings (SSSR count). The fourth-order valence-corrected chi connectivity index (χ4v) is 1.25. The Labute approximate surface area is 131 Å². The van der Waals surface area contributed by atoms with Gasteiger partial charge in [0.25, 0.3) is 0 Å². The molecule has 1 aromatic carbocycles. The second-order valence-corrected chi connectivity index (χ2v) is 5.16. The lowest BCUT2D eigenvalue weighted by atomic mass is 10.1. The molecule has 122 valence electrons. The molecule has 0 radical (unpaired) electrons. The van der Waals surface area contributed by atoms with Gasteiger partial charge in [-0.25, -0.2) is 14.6 Å². The largest absolute Gasteiger partial charge is 0.487 e. The molecule has 1 aromatic rings. The lowest BCUT2D eigenvalue weighted by Crippen LogP contribution is -2.24. The van der Waals surface area contributed by atoms with Crippen molar-refractivity contribution in [2.75, 3.05) is 13.2 Å². The average molecular weight is 308 g/mol. The number of carboxylic acids is 1. The van der Waals surface area contributed by atoms with Crippen LogP contribution in [0.5, 0.6) is 5.75 Å². The Kier molecular flexibility index (Phi) is 9.58. The Bertz CT molecular complexity index is 464. The number of hydrogen-bond acceptors (Lipinski definition) is 4. The highest BCUT2D eigenvalue weighted by atomic mass is 17.2. The molecule has 0 fully saturated rings. The van der Waals surface area contributed by atoms with Gasteiger partial charge in [-0.05, 0) is 32.9 Å². The molecule has 1 N–H and O–H groups in total. The van der Waals surface area contributed by atoms with Crippen molar-refractivity contribution in [2.45, 2.75) is 26.4 Å². The molecule has 0 bridgehead atoms. The van der Waals surface area contributed by atoms with Crippen LogP contribution < -0.4 is 4.74 Å². The number of carboxylic acid groups (broad SMARTS) is 1. The minimum absolute atomic E-state index is 0.197. The first-order chi connectivity index (χ1) is 10.3. The zero-order valence-corrected chi connectivity index (χ0v) is 13.4. The zero-order chi connectivity index (χ0) is 17.0. The van der Waals surface area contributed by atoms with Crippen molar-refractivity contribution in [3.63, 3.8) is 0 Å². The molecule has 0 aliphatic carbocycles. The van der Waals surface area contributed by atoms with Crippen LogP contribution in [0.4, 0.5) is 0 Å². The van der Waals surface area contributed by atoms with Gasteiger partial charge < -0.3 is 9.84 Å². The van der Waals surface area contributed by atoms with Crippen molar-refractivity contribution in [3.8, 4) is 5.75 Å². The highest BCUT2D eigenvalue weighted by molar-refractivity contribution is 5.90. The molecule has 0 saturated carbocycles. The van der Waals surface area contributed by atoms with E-state index in [1.54, 1.807) is 30.4 Å². The SMILES string of the molecule is C=CCOOCC=C.CC(C)(C)Oc1ccccc1C(=O)O. The van der Waals surface area contributed by atoms with Crippen LogP contribution in [0.1, 0.15) is 31.1 Å². The van der Waals surface area contributed by atoms with Crippen LogP contribution in [-0.2, 0) is 9.78 Å². The first-order valence-electron chi connectivity index (χ1n) is 6.79. The van der Waals surface area contributed by atoms with Crippen molar-refractivity contribution in [3.05, 3.63) is 55.1 Å². The summed E-state index contributed by atoms with van der Waals surface area (Å²) in [6.07, 6.45) is 3.23. The Balaban J connectivity index is 0.000000472. The van der Waals surface area contributed by atoms with E-state index in [-0.39, 0.29) is 11.2 Å². The lowest BCUT2D eigenvalue weighted by molar-refractivity contribution is -0.277. The highest BCUT2D eigenvalue weighted by Crippen LogP contribution is 2.22. The van der Waals surface area contributed by atoms with Gasteiger partial charge in [-0.1, -0.05) is 24.3 Å². The van der Waals surface area contributed by atoms with Gasteiger partial charge in [0.05, 0.1) is 0 Å². The first kappa shape index (κ1) is 19.9. The summed E-state index contributed by atoms with van der Waals surface area (Å²) in [6.45, 7) is 13.3. The molecule has 0 aliphatic heterocycles. The number of carbonyl (C=O) groups is 1. The smallest absolute Gasteiger partial charge is 0.339 e. The lowest BCUT2D eigenvalue weighted by Gasteiger charge is -2.22. The summed E-state index contributed by atoms with van der Waals surface area (Å²) in [5, 5.41) is 8.88. The Morgan fingerprint density at radius 3 is 2.05 bits per heavy atom.